The number of benzene rings is 1. The minimum Gasteiger partial charge on any atom is -0.363 e. The summed E-state index contributed by atoms with van der Waals surface area (Å²) in [6.45, 7) is 1.41. The highest BCUT2D eigenvalue weighted by atomic mass is 16.2. The maximum Gasteiger partial charge on any atom is 0.286 e. The molecule has 0 atom stereocenters. The van der Waals surface area contributed by atoms with Gasteiger partial charge in [0.1, 0.15) is 0 Å². The second kappa shape index (κ2) is 5.97. The fraction of sp³-hybridized carbons (Fsp3) is 0.333. The lowest BCUT2D eigenvalue weighted by atomic mass is 10.1. The van der Waals surface area contributed by atoms with Crippen LogP contribution >= 0.6 is 0 Å². The molecule has 2 heterocycles. The zero-order chi connectivity index (χ0) is 15.5. The number of aryl methyl sites for hydroxylation is 1. The van der Waals surface area contributed by atoms with Gasteiger partial charge in [-0.15, -0.1) is 10.2 Å². The molecule has 1 aliphatic rings. The predicted molar refractivity (Wildman–Crippen MR) is 78.7 cm³/mol. The SMILES string of the molecule is NC(=O)c1nnc2n1CCN(C(=O)CCc1ccccc1)C2. The molecule has 7 heteroatoms. The molecule has 0 saturated heterocycles. The van der Waals surface area contributed by atoms with Gasteiger partial charge in [-0.1, -0.05) is 30.3 Å². The standard InChI is InChI=1S/C15H17N5O2/c16-14(22)15-18-17-12-10-19(8-9-20(12)15)13(21)7-6-11-4-2-1-3-5-11/h1-5H,6-10H2,(H2,16,22). The fourth-order valence-corrected chi connectivity index (χ4v) is 2.61. The number of primary amides is 1. The van der Waals surface area contributed by atoms with Crippen molar-refractivity contribution < 1.29 is 9.59 Å². The molecule has 0 spiro atoms. The summed E-state index contributed by atoms with van der Waals surface area (Å²) in [5.74, 6) is 0.251. The largest absolute Gasteiger partial charge is 0.363 e. The predicted octanol–water partition coefficient (Wildman–Crippen LogP) is 0.352. The maximum atomic E-state index is 12.3. The first kappa shape index (κ1) is 14.2. The molecular formula is C15H17N5O2. The summed E-state index contributed by atoms with van der Waals surface area (Å²) >= 11 is 0. The molecule has 0 aliphatic carbocycles. The highest BCUT2D eigenvalue weighted by Crippen LogP contribution is 2.14. The number of rotatable bonds is 4. The van der Waals surface area contributed by atoms with Gasteiger partial charge < -0.3 is 15.2 Å². The lowest BCUT2D eigenvalue weighted by molar-refractivity contribution is -0.132. The number of fused-ring (bicyclic) bond motifs is 1. The number of nitrogens with two attached hydrogens (primary N) is 1. The molecule has 2 N–H and O–H groups in total. The molecule has 0 fully saturated rings. The van der Waals surface area contributed by atoms with Crippen molar-refractivity contribution in [2.45, 2.75) is 25.9 Å². The van der Waals surface area contributed by atoms with Gasteiger partial charge >= 0.3 is 0 Å². The van der Waals surface area contributed by atoms with Gasteiger partial charge in [0.25, 0.3) is 5.91 Å². The Morgan fingerprint density at radius 3 is 2.64 bits per heavy atom. The summed E-state index contributed by atoms with van der Waals surface area (Å²) in [6.07, 6.45) is 1.18. The maximum absolute atomic E-state index is 12.3. The third kappa shape index (κ3) is 2.83. The van der Waals surface area contributed by atoms with Gasteiger partial charge in [-0.2, -0.15) is 0 Å². The molecule has 0 radical (unpaired) electrons. The van der Waals surface area contributed by atoms with E-state index in [9.17, 15) is 9.59 Å². The monoisotopic (exact) mass is 299 g/mol. The molecule has 1 aromatic carbocycles. The van der Waals surface area contributed by atoms with Crippen LogP contribution in [0.4, 0.5) is 0 Å². The number of nitrogens with zero attached hydrogens (tertiary/aromatic N) is 4. The summed E-state index contributed by atoms with van der Waals surface area (Å²) in [5, 5.41) is 7.73. The first-order chi connectivity index (χ1) is 10.6. The van der Waals surface area contributed by atoms with Crippen molar-refractivity contribution in [1.29, 1.82) is 0 Å². The summed E-state index contributed by atoms with van der Waals surface area (Å²) in [7, 11) is 0. The van der Waals surface area contributed by atoms with Gasteiger partial charge in [-0.25, -0.2) is 0 Å². The van der Waals surface area contributed by atoms with E-state index < -0.39 is 5.91 Å². The van der Waals surface area contributed by atoms with Crippen LogP contribution in [0.5, 0.6) is 0 Å². The third-order valence-electron chi connectivity index (χ3n) is 3.80. The van der Waals surface area contributed by atoms with Crippen LogP contribution < -0.4 is 5.73 Å². The molecule has 7 nitrogen and oxygen atoms in total. The van der Waals surface area contributed by atoms with E-state index in [0.717, 1.165) is 12.0 Å². The van der Waals surface area contributed by atoms with Gasteiger partial charge in [-0.3, -0.25) is 9.59 Å². The van der Waals surface area contributed by atoms with Crippen LogP contribution in [0.3, 0.4) is 0 Å². The highest BCUT2D eigenvalue weighted by molar-refractivity contribution is 5.89. The Labute approximate surface area is 127 Å². The van der Waals surface area contributed by atoms with E-state index in [1.54, 1.807) is 9.47 Å². The minimum absolute atomic E-state index is 0.0822. The van der Waals surface area contributed by atoms with E-state index in [4.69, 9.17) is 5.73 Å². The Morgan fingerprint density at radius 2 is 1.91 bits per heavy atom. The topological polar surface area (TPSA) is 94.1 Å². The Balaban J connectivity index is 1.62. The third-order valence-corrected chi connectivity index (χ3v) is 3.80. The van der Waals surface area contributed by atoms with Crippen molar-refractivity contribution in [2.75, 3.05) is 6.54 Å². The average molecular weight is 299 g/mol. The Hall–Kier alpha value is -2.70. The second-order valence-electron chi connectivity index (χ2n) is 5.26. The highest BCUT2D eigenvalue weighted by Gasteiger charge is 2.25. The second-order valence-corrected chi connectivity index (χ2v) is 5.26. The zero-order valence-electron chi connectivity index (χ0n) is 12.1. The number of aromatic nitrogens is 3. The number of hydrogen-bond acceptors (Lipinski definition) is 4. The van der Waals surface area contributed by atoms with Gasteiger partial charge in [0.15, 0.2) is 5.82 Å². The molecule has 2 amide bonds. The van der Waals surface area contributed by atoms with E-state index in [0.29, 0.717) is 31.9 Å². The summed E-state index contributed by atoms with van der Waals surface area (Å²) in [4.78, 5) is 25.3. The Morgan fingerprint density at radius 1 is 1.14 bits per heavy atom. The van der Waals surface area contributed by atoms with E-state index in [1.165, 1.54) is 0 Å². The van der Waals surface area contributed by atoms with Crippen LogP contribution in [0.2, 0.25) is 0 Å². The molecule has 0 unspecified atom stereocenters. The first-order valence-electron chi connectivity index (χ1n) is 7.18. The van der Waals surface area contributed by atoms with Crippen molar-refractivity contribution >= 4 is 11.8 Å². The van der Waals surface area contributed by atoms with Crippen LogP contribution in [-0.4, -0.2) is 38.0 Å². The van der Waals surface area contributed by atoms with Crippen molar-refractivity contribution in [3.63, 3.8) is 0 Å². The van der Waals surface area contributed by atoms with Crippen molar-refractivity contribution in [2.24, 2.45) is 5.73 Å². The van der Waals surface area contributed by atoms with Crippen molar-refractivity contribution in [3.8, 4) is 0 Å². The van der Waals surface area contributed by atoms with E-state index in [2.05, 4.69) is 10.2 Å². The van der Waals surface area contributed by atoms with Crippen LogP contribution in [0, 0.1) is 0 Å². The summed E-state index contributed by atoms with van der Waals surface area (Å²) < 4.78 is 1.68. The number of amides is 2. The molecule has 2 aromatic rings. The quantitative estimate of drug-likeness (QED) is 0.881. The molecule has 0 bridgehead atoms. The van der Waals surface area contributed by atoms with Gasteiger partial charge in [0, 0.05) is 19.5 Å². The molecule has 114 valence electrons. The van der Waals surface area contributed by atoms with Crippen LogP contribution in [0.15, 0.2) is 30.3 Å². The molecule has 3 rings (SSSR count). The van der Waals surface area contributed by atoms with E-state index in [-0.39, 0.29) is 11.7 Å². The molecule has 22 heavy (non-hydrogen) atoms. The lowest BCUT2D eigenvalue weighted by Gasteiger charge is -2.27. The summed E-state index contributed by atoms with van der Waals surface area (Å²) in [5.41, 5.74) is 6.39. The molecule has 1 aromatic heterocycles. The number of carbonyl (C=O) groups is 2. The molecule has 1 aliphatic heterocycles. The molecular weight excluding hydrogens is 282 g/mol. The first-order valence-corrected chi connectivity index (χ1v) is 7.18. The van der Waals surface area contributed by atoms with Crippen molar-refractivity contribution in [1.82, 2.24) is 19.7 Å². The molecule has 0 saturated carbocycles. The smallest absolute Gasteiger partial charge is 0.286 e. The lowest BCUT2D eigenvalue weighted by Crippen LogP contribution is -2.39. The van der Waals surface area contributed by atoms with Crippen LogP contribution in [0.25, 0.3) is 0 Å². The number of carbonyl (C=O) groups excluding carboxylic acids is 2. The van der Waals surface area contributed by atoms with E-state index >= 15 is 0 Å². The average Bonchev–Trinajstić information content (AvgIpc) is 2.97. The van der Waals surface area contributed by atoms with E-state index in [1.807, 2.05) is 30.3 Å². The van der Waals surface area contributed by atoms with Gasteiger partial charge in [-0.05, 0) is 12.0 Å². The van der Waals surface area contributed by atoms with Crippen LogP contribution in [0.1, 0.15) is 28.4 Å². The fourth-order valence-electron chi connectivity index (χ4n) is 2.61. The summed E-state index contributed by atoms with van der Waals surface area (Å²) in [6, 6.07) is 9.92. The Bertz CT molecular complexity index is 695. The Kier molecular flexibility index (Phi) is 3.86. The van der Waals surface area contributed by atoms with Crippen molar-refractivity contribution in [3.05, 3.63) is 47.5 Å². The zero-order valence-corrected chi connectivity index (χ0v) is 12.1. The number of hydrogen-bond donors (Lipinski definition) is 1. The van der Waals surface area contributed by atoms with Gasteiger partial charge in [0.2, 0.25) is 11.7 Å². The normalized spacial score (nSPS) is 13.7. The minimum atomic E-state index is -0.595. The van der Waals surface area contributed by atoms with Gasteiger partial charge in [0.05, 0.1) is 6.54 Å². The van der Waals surface area contributed by atoms with Crippen LogP contribution in [-0.2, 0) is 24.3 Å².